The smallest absolute Gasteiger partial charge is 0.311 e. The fraction of sp³-hybridized carbons (Fsp3) is 0.143. The second kappa shape index (κ2) is 5.64. The Balaban J connectivity index is 2.46. The number of hydrogen-bond donors (Lipinski definition) is 2. The van der Waals surface area contributed by atoms with Gasteiger partial charge in [0.25, 0.3) is 5.56 Å². The summed E-state index contributed by atoms with van der Waals surface area (Å²) in [4.78, 5) is 25.2. The zero-order chi connectivity index (χ0) is 14.7. The number of aromatic amines is 1. The second-order valence-electron chi connectivity index (χ2n) is 4.25. The highest BCUT2D eigenvalue weighted by atomic mass is 19.1. The fourth-order valence-corrected chi connectivity index (χ4v) is 1.99. The van der Waals surface area contributed by atoms with Crippen molar-refractivity contribution in [2.75, 3.05) is 0 Å². The Morgan fingerprint density at radius 1 is 1.20 bits per heavy atom. The van der Waals surface area contributed by atoms with Crippen LogP contribution >= 0.6 is 0 Å². The van der Waals surface area contributed by atoms with E-state index in [0.717, 1.165) is 18.2 Å². The van der Waals surface area contributed by atoms with E-state index in [9.17, 15) is 23.5 Å². The molecule has 0 radical (unpaired) electrons. The average Bonchev–Trinajstić information content (AvgIpc) is 2.39. The summed E-state index contributed by atoms with van der Waals surface area (Å²) in [5.41, 5.74) is -0.860. The van der Waals surface area contributed by atoms with Crippen LogP contribution in [0.25, 0.3) is 0 Å². The van der Waals surface area contributed by atoms with Gasteiger partial charge in [0, 0.05) is 17.3 Å². The summed E-state index contributed by atoms with van der Waals surface area (Å²) in [6.07, 6.45) is 1.11. The maximum Gasteiger partial charge on any atom is 0.311 e. The summed E-state index contributed by atoms with van der Waals surface area (Å²) in [5, 5.41) is 9.18. The van der Waals surface area contributed by atoms with Crippen LogP contribution in [-0.2, 0) is 11.2 Å². The normalized spacial score (nSPS) is 12.1. The summed E-state index contributed by atoms with van der Waals surface area (Å²) in [5.74, 6) is -4.73. The Labute approximate surface area is 112 Å². The molecule has 1 atom stereocenters. The van der Waals surface area contributed by atoms with Gasteiger partial charge < -0.3 is 10.1 Å². The van der Waals surface area contributed by atoms with E-state index in [1.54, 1.807) is 0 Å². The van der Waals surface area contributed by atoms with Gasteiger partial charge in [-0.2, -0.15) is 0 Å². The van der Waals surface area contributed by atoms with Crippen LogP contribution in [-0.4, -0.2) is 16.1 Å². The Kier molecular flexibility index (Phi) is 3.93. The maximum atomic E-state index is 13.7. The molecule has 104 valence electrons. The van der Waals surface area contributed by atoms with Gasteiger partial charge in [0.2, 0.25) is 0 Å². The van der Waals surface area contributed by atoms with Gasteiger partial charge in [-0.05, 0) is 24.6 Å². The number of carboxylic acid groups (broad SMARTS) is 1. The number of rotatable bonds is 4. The van der Waals surface area contributed by atoms with E-state index >= 15 is 0 Å². The Hall–Kier alpha value is -2.50. The third-order valence-corrected chi connectivity index (χ3v) is 2.97. The first-order chi connectivity index (χ1) is 9.50. The van der Waals surface area contributed by atoms with E-state index in [1.165, 1.54) is 18.3 Å². The molecule has 20 heavy (non-hydrogen) atoms. The Morgan fingerprint density at radius 3 is 2.40 bits per heavy atom. The minimum Gasteiger partial charge on any atom is -0.481 e. The lowest BCUT2D eigenvalue weighted by Crippen LogP contribution is -2.22. The quantitative estimate of drug-likeness (QED) is 0.900. The van der Waals surface area contributed by atoms with Crippen LogP contribution in [0.1, 0.15) is 17.0 Å². The number of benzene rings is 1. The molecule has 0 fully saturated rings. The first kappa shape index (κ1) is 13.9. The predicted octanol–water partition coefficient (Wildman–Crippen LogP) is 2.06. The van der Waals surface area contributed by atoms with Gasteiger partial charge in [0.15, 0.2) is 0 Å². The van der Waals surface area contributed by atoms with Crippen LogP contribution in [0.5, 0.6) is 0 Å². The van der Waals surface area contributed by atoms with Crippen molar-refractivity contribution in [3.63, 3.8) is 0 Å². The van der Waals surface area contributed by atoms with Crippen molar-refractivity contribution in [1.82, 2.24) is 4.98 Å². The van der Waals surface area contributed by atoms with E-state index in [-0.39, 0.29) is 12.0 Å². The molecule has 0 amide bonds. The van der Waals surface area contributed by atoms with E-state index in [1.807, 2.05) is 0 Å². The lowest BCUT2D eigenvalue weighted by Gasteiger charge is -2.14. The molecule has 1 aromatic carbocycles. The van der Waals surface area contributed by atoms with Crippen molar-refractivity contribution in [3.8, 4) is 0 Å². The highest BCUT2D eigenvalue weighted by Gasteiger charge is 2.27. The van der Waals surface area contributed by atoms with E-state index in [4.69, 9.17) is 0 Å². The van der Waals surface area contributed by atoms with Crippen molar-refractivity contribution < 1.29 is 18.7 Å². The first-order valence-electron chi connectivity index (χ1n) is 5.84. The molecule has 0 aliphatic carbocycles. The summed E-state index contributed by atoms with van der Waals surface area (Å²) >= 11 is 0. The van der Waals surface area contributed by atoms with Gasteiger partial charge in [-0.1, -0.05) is 12.1 Å². The number of hydrogen-bond acceptors (Lipinski definition) is 2. The summed E-state index contributed by atoms with van der Waals surface area (Å²) in [6, 6.07) is 6.08. The molecule has 2 aromatic rings. The molecule has 0 bridgehead atoms. The van der Waals surface area contributed by atoms with Crippen LogP contribution < -0.4 is 5.56 Å². The van der Waals surface area contributed by atoms with Crippen molar-refractivity contribution in [1.29, 1.82) is 0 Å². The van der Waals surface area contributed by atoms with Crippen molar-refractivity contribution in [2.45, 2.75) is 12.3 Å². The van der Waals surface area contributed by atoms with Gasteiger partial charge in [-0.3, -0.25) is 9.59 Å². The fourth-order valence-electron chi connectivity index (χ4n) is 1.99. The van der Waals surface area contributed by atoms with E-state index in [2.05, 4.69) is 4.98 Å². The molecule has 1 aromatic heterocycles. The molecule has 4 nitrogen and oxygen atoms in total. The van der Waals surface area contributed by atoms with Crippen LogP contribution in [0.3, 0.4) is 0 Å². The standard InChI is InChI=1S/C14H11F2NO3/c15-10-4-1-5-11(16)12(10)9(14(19)20)7-8-3-2-6-17-13(8)18/h1-6,9H,7H2,(H,17,18)(H,19,20). The Bertz CT molecular complexity index is 677. The maximum absolute atomic E-state index is 13.7. The number of halogens is 2. The number of pyridine rings is 1. The van der Waals surface area contributed by atoms with Gasteiger partial charge >= 0.3 is 5.97 Å². The molecule has 1 heterocycles. The van der Waals surface area contributed by atoms with Crippen LogP contribution in [0.2, 0.25) is 0 Å². The second-order valence-corrected chi connectivity index (χ2v) is 4.25. The predicted molar refractivity (Wildman–Crippen MR) is 67.5 cm³/mol. The largest absolute Gasteiger partial charge is 0.481 e. The molecule has 2 rings (SSSR count). The van der Waals surface area contributed by atoms with Gasteiger partial charge in [-0.15, -0.1) is 0 Å². The van der Waals surface area contributed by atoms with Gasteiger partial charge in [-0.25, -0.2) is 8.78 Å². The number of carbonyl (C=O) groups is 1. The number of aliphatic carboxylic acids is 1. The van der Waals surface area contributed by atoms with Crippen LogP contribution in [0.4, 0.5) is 8.78 Å². The molecule has 2 N–H and O–H groups in total. The van der Waals surface area contributed by atoms with Gasteiger partial charge in [0.1, 0.15) is 11.6 Å². The van der Waals surface area contributed by atoms with Crippen molar-refractivity contribution >= 4 is 5.97 Å². The van der Waals surface area contributed by atoms with Gasteiger partial charge in [0.05, 0.1) is 5.92 Å². The SMILES string of the molecule is O=C(O)C(Cc1ccc[nH]c1=O)c1c(F)cccc1F. The summed E-state index contributed by atoms with van der Waals surface area (Å²) in [7, 11) is 0. The summed E-state index contributed by atoms with van der Waals surface area (Å²) < 4.78 is 27.3. The Morgan fingerprint density at radius 2 is 1.85 bits per heavy atom. The van der Waals surface area contributed by atoms with Crippen molar-refractivity contribution in [3.05, 3.63) is 69.6 Å². The minimum absolute atomic E-state index is 0.155. The number of carboxylic acids is 1. The molecule has 1 unspecified atom stereocenters. The number of H-pyrrole nitrogens is 1. The lowest BCUT2D eigenvalue weighted by molar-refractivity contribution is -0.138. The highest BCUT2D eigenvalue weighted by Crippen LogP contribution is 2.25. The first-order valence-corrected chi connectivity index (χ1v) is 5.84. The monoisotopic (exact) mass is 279 g/mol. The lowest BCUT2D eigenvalue weighted by atomic mass is 9.91. The zero-order valence-corrected chi connectivity index (χ0v) is 10.3. The number of nitrogens with one attached hydrogen (secondary N) is 1. The molecular weight excluding hydrogens is 268 g/mol. The molecule has 0 saturated carbocycles. The third-order valence-electron chi connectivity index (χ3n) is 2.97. The van der Waals surface area contributed by atoms with Crippen molar-refractivity contribution in [2.24, 2.45) is 0 Å². The molecule has 0 spiro atoms. The number of aromatic nitrogens is 1. The van der Waals surface area contributed by atoms with Crippen LogP contribution in [0, 0.1) is 11.6 Å². The molecular formula is C14H11F2NO3. The molecule has 0 aliphatic heterocycles. The van der Waals surface area contributed by atoms with E-state index in [0.29, 0.717) is 0 Å². The van der Waals surface area contributed by atoms with Crippen LogP contribution in [0.15, 0.2) is 41.3 Å². The minimum atomic E-state index is -1.46. The highest BCUT2D eigenvalue weighted by molar-refractivity contribution is 5.76. The summed E-state index contributed by atoms with van der Waals surface area (Å²) in [6.45, 7) is 0. The van der Waals surface area contributed by atoms with E-state index < -0.39 is 34.6 Å². The molecule has 6 heteroatoms. The zero-order valence-electron chi connectivity index (χ0n) is 10.3. The topological polar surface area (TPSA) is 70.2 Å². The third kappa shape index (κ3) is 2.74. The molecule has 0 aliphatic rings. The molecule has 0 saturated heterocycles. The average molecular weight is 279 g/mol.